The Labute approximate surface area is 220 Å². The van der Waals surface area contributed by atoms with Gasteiger partial charge in [-0.25, -0.2) is 4.79 Å². The summed E-state index contributed by atoms with van der Waals surface area (Å²) in [6.07, 6.45) is 4.12. The van der Waals surface area contributed by atoms with Crippen molar-refractivity contribution in [1.29, 1.82) is 0 Å². The molecule has 0 amide bonds. The lowest BCUT2D eigenvalue weighted by molar-refractivity contribution is -0.919. The number of hydrogen-bond acceptors (Lipinski definition) is 5. The largest absolute Gasteiger partial charge is 1.00 e. The maximum atomic E-state index is 13.5. The number of halogens is 1. The van der Waals surface area contributed by atoms with Gasteiger partial charge in [0.25, 0.3) is 0 Å². The van der Waals surface area contributed by atoms with Crippen LogP contribution in [0.2, 0.25) is 0 Å². The first-order valence-electron chi connectivity index (χ1n) is 11.8. The van der Waals surface area contributed by atoms with Crippen molar-refractivity contribution in [3.8, 4) is 0 Å². The number of esters is 1. The number of nitrogens with zero attached hydrogens (tertiary/aromatic N) is 1. The smallest absolute Gasteiger partial charge is 0.349 e. The van der Waals surface area contributed by atoms with Gasteiger partial charge in [-0.15, -0.1) is 22.7 Å². The molecule has 0 spiro atoms. The summed E-state index contributed by atoms with van der Waals surface area (Å²) in [6, 6.07) is 18.5. The molecule has 2 bridgehead atoms. The summed E-state index contributed by atoms with van der Waals surface area (Å²) in [7, 11) is 4.66. The zero-order valence-corrected chi connectivity index (χ0v) is 22.8. The Hall–Kier alpha value is -1.51. The third-order valence-electron chi connectivity index (χ3n) is 7.74. The summed E-state index contributed by atoms with van der Waals surface area (Å²) < 4.78 is 7.10. The topological polar surface area (TPSA) is 46.5 Å². The molecule has 2 aliphatic rings. The van der Waals surface area contributed by atoms with Crippen LogP contribution in [-0.4, -0.2) is 48.3 Å². The molecule has 2 aliphatic carbocycles. The first-order valence-corrected chi connectivity index (χ1v) is 13.5. The van der Waals surface area contributed by atoms with E-state index in [2.05, 4.69) is 44.4 Å². The highest BCUT2D eigenvalue weighted by molar-refractivity contribution is 7.12. The third kappa shape index (κ3) is 4.65. The minimum atomic E-state index is -1.72. The highest BCUT2D eigenvalue weighted by Gasteiger charge is 2.58. The second kappa shape index (κ2) is 10.2. The molecule has 0 saturated heterocycles. The lowest BCUT2D eigenvalue weighted by Gasteiger charge is -2.39. The molecule has 34 heavy (non-hydrogen) atoms. The van der Waals surface area contributed by atoms with E-state index in [1.54, 1.807) is 0 Å². The summed E-state index contributed by atoms with van der Waals surface area (Å²) in [5, 5.41) is 15.4. The van der Waals surface area contributed by atoms with Gasteiger partial charge in [-0.1, -0.05) is 42.5 Å². The number of ether oxygens (including phenoxy) is 1. The van der Waals surface area contributed by atoms with Crippen LogP contribution in [-0.2, 0) is 21.6 Å². The van der Waals surface area contributed by atoms with E-state index in [0.717, 1.165) is 30.3 Å². The fourth-order valence-electron chi connectivity index (χ4n) is 6.18. The molecule has 0 aliphatic heterocycles. The Morgan fingerprint density at radius 1 is 1.03 bits per heavy atom. The monoisotopic (exact) mass is 561 g/mol. The van der Waals surface area contributed by atoms with Crippen LogP contribution in [0.3, 0.4) is 0 Å². The second-order valence-corrected chi connectivity index (χ2v) is 12.0. The van der Waals surface area contributed by atoms with Crippen LogP contribution >= 0.6 is 22.7 Å². The van der Waals surface area contributed by atoms with Gasteiger partial charge in [-0.3, -0.25) is 0 Å². The van der Waals surface area contributed by atoms with Gasteiger partial charge < -0.3 is 31.3 Å². The molecular weight excluding hydrogens is 530 g/mol. The van der Waals surface area contributed by atoms with Crippen molar-refractivity contribution in [3.05, 3.63) is 80.7 Å². The molecule has 4 atom stereocenters. The number of likely N-dealkylation sites (N-methyl/N-ethyl adjacent to an activating group) is 1. The maximum Gasteiger partial charge on any atom is 0.349 e. The predicted octanol–water partition coefficient (Wildman–Crippen LogP) is 2.08. The van der Waals surface area contributed by atoms with Gasteiger partial charge in [0.15, 0.2) is 0 Å². The van der Waals surface area contributed by atoms with E-state index >= 15 is 0 Å². The van der Waals surface area contributed by atoms with E-state index in [4.69, 9.17) is 4.74 Å². The quantitative estimate of drug-likeness (QED) is 0.338. The van der Waals surface area contributed by atoms with Gasteiger partial charge in [-0.2, -0.15) is 0 Å². The molecule has 0 radical (unpaired) electrons. The van der Waals surface area contributed by atoms with Gasteiger partial charge in [0.2, 0.25) is 5.60 Å². The van der Waals surface area contributed by atoms with Crippen LogP contribution in [0.1, 0.15) is 34.6 Å². The fraction of sp³-hybridized carbons (Fsp3) is 0.444. The van der Waals surface area contributed by atoms with E-state index in [1.165, 1.54) is 34.7 Å². The molecule has 7 heteroatoms. The van der Waals surface area contributed by atoms with Gasteiger partial charge in [0.05, 0.1) is 36.4 Å². The summed E-state index contributed by atoms with van der Waals surface area (Å²) in [4.78, 5) is 14.7. The van der Waals surface area contributed by atoms with Crippen LogP contribution in [0.4, 0.5) is 0 Å². The van der Waals surface area contributed by atoms with E-state index in [1.807, 2.05) is 35.0 Å². The van der Waals surface area contributed by atoms with Gasteiger partial charge in [0, 0.05) is 18.3 Å². The molecule has 3 aromatic rings. The van der Waals surface area contributed by atoms with Crippen LogP contribution in [0.15, 0.2) is 65.4 Å². The number of aliphatic hydroxyl groups is 1. The average Bonchev–Trinajstić information content (AvgIpc) is 3.62. The first kappa shape index (κ1) is 25.6. The number of benzene rings is 1. The number of carbonyl (C=O) groups excluding carboxylic acids is 1. The molecule has 2 fully saturated rings. The molecule has 2 saturated carbocycles. The van der Waals surface area contributed by atoms with Crippen molar-refractivity contribution in [2.75, 3.05) is 20.6 Å². The Bertz CT molecular complexity index is 1030. The normalized spacial score (nSPS) is 24.1. The SMILES string of the molecule is C[N+](C)(CCc1ccccc1)C1C2CC[C@@H]1[C@H](OC(=O)C(O)(c1cccs1)c1cccs1)C2.[Br-]. The Balaban J connectivity index is 0.00000274. The molecule has 1 aromatic carbocycles. The van der Waals surface area contributed by atoms with Gasteiger partial charge in [0.1, 0.15) is 6.10 Å². The Kier molecular flexibility index (Phi) is 7.70. The maximum absolute atomic E-state index is 13.5. The lowest BCUT2D eigenvalue weighted by atomic mass is 9.96. The zero-order valence-electron chi connectivity index (χ0n) is 19.6. The highest BCUT2D eigenvalue weighted by Crippen LogP contribution is 2.51. The summed E-state index contributed by atoms with van der Waals surface area (Å²) in [6.45, 7) is 1.07. The van der Waals surface area contributed by atoms with Crippen molar-refractivity contribution in [1.82, 2.24) is 0 Å². The summed E-state index contributed by atoms with van der Waals surface area (Å²) in [5.74, 6) is 0.383. The number of rotatable bonds is 8. The van der Waals surface area contributed by atoms with Crippen molar-refractivity contribution in [2.24, 2.45) is 11.8 Å². The van der Waals surface area contributed by atoms with Crippen LogP contribution in [0.5, 0.6) is 0 Å². The summed E-state index contributed by atoms with van der Waals surface area (Å²) in [5.41, 5.74) is -0.355. The van der Waals surface area contributed by atoms with E-state index in [-0.39, 0.29) is 23.1 Å². The lowest BCUT2D eigenvalue weighted by Crippen LogP contribution is -3.00. The standard InChI is InChI=1S/C27H32NO3S2.BrH/c1-28(2,15-14-19-8-4-3-5-9-19)25-20-12-13-21(25)22(18-20)31-26(29)27(30,23-10-6-16-32-23)24-11-7-17-33-24;/h3-11,16-17,20-22,25,30H,12-15,18H2,1-2H3;1H/q+1;/p-1/t20?,21-,22-,25?;/m1./s1. The summed E-state index contributed by atoms with van der Waals surface area (Å²) >= 11 is 2.78. The number of fused-ring (bicyclic) bond motifs is 2. The number of quaternary nitrogens is 1. The molecule has 182 valence electrons. The van der Waals surface area contributed by atoms with Crippen molar-refractivity contribution in [3.63, 3.8) is 0 Å². The van der Waals surface area contributed by atoms with E-state index in [0.29, 0.717) is 27.6 Å². The fourth-order valence-corrected chi connectivity index (χ4v) is 7.90. The van der Waals surface area contributed by atoms with Crippen LogP contribution in [0.25, 0.3) is 0 Å². The van der Waals surface area contributed by atoms with Crippen molar-refractivity contribution >= 4 is 28.6 Å². The van der Waals surface area contributed by atoms with Crippen molar-refractivity contribution in [2.45, 2.75) is 43.4 Å². The number of thiophene rings is 2. The Morgan fingerprint density at radius 3 is 2.26 bits per heavy atom. The molecule has 4 nitrogen and oxygen atoms in total. The predicted molar refractivity (Wildman–Crippen MR) is 133 cm³/mol. The third-order valence-corrected chi connectivity index (χ3v) is 9.70. The molecule has 2 aromatic heterocycles. The number of hydrogen-bond donors (Lipinski definition) is 1. The average molecular weight is 563 g/mol. The zero-order chi connectivity index (χ0) is 23.1. The van der Waals surface area contributed by atoms with E-state index < -0.39 is 11.6 Å². The first-order chi connectivity index (χ1) is 15.9. The second-order valence-electron chi connectivity index (χ2n) is 10.1. The van der Waals surface area contributed by atoms with Gasteiger partial charge in [-0.05, 0) is 47.7 Å². The van der Waals surface area contributed by atoms with E-state index in [9.17, 15) is 9.90 Å². The Morgan fingerprint density at radius 2 is 1.68 bits per heavy atom. The minimum Gasteiger partial charge on any atom is -1.00 e. The minimum absolute atomic E-state index is 0. The molecule has 1 N–H and O–H groups in total. The molecular formula is C27H32BrNO3S2. The van der Waals surface area contributed by atoms with Crippen LogP contribution in [0, 0.1) is 11.8 Å². The molecule has 2 heterocycles. The van der Waals surface area contributed by atoms with Crippen molar-refractivity contribution < 1.29 is 36.1 Å². The molecule has 2 unspecified atom stereocenters. The number of carbonyl (C=O) groups is 1. The van der Waals surface area contributed by atoms with Crippen LogP contribution < -0.4 is 17.0 Å². The highest BCUT2D eigenvalue weighted by atomic mass is 79.9. The van der Waals surface area contributed by atoms with Gasteiger partial charge >= 0.3 is 5.97 Å². The molecule has 5 rings (SSSR count).